The average Bonchev–Trinajstić information content (AvgIpc) is 2.51. The molecule has 25 heavy (non-hydrogen) atoms. The molecule has 3 rings (SSSR count). The number of halogens is 1. The highest BCUT2D eigenvalue weighted by Gasteiger charge is 2.19. The van der Waals surface area contributed by atoms with E-state index in [0.717, 1.165) is 10.0 Å². The van der Waals surface area contributed by atoms with Gasteiger partial charge in [-0.05, 0) is 55.3 Å². The number of anilines is 1. The van der Waals surface area contributed by atoms with E-state index in [9.17, 15) is 18.0 Å². The van der Waals surface area contributed by atoms with E-state index in [4.69, 9.17) is 0 Å². The topological polar surface area (TPSA) is 112 Å². The minimum atomic E-state index is -3.87. The van der Waals surface area contributed by atoms with E-state index >= 15 is 0 Å². The van der Waals surface area contributed by atoms with Gasteiger partial charge in [-0.2, -0.15) is 0 Å². The van der Waals surface area contributed by atoms with Crippen molar-refractivity contribution in [3.63, 3.8) is 0 Å². The summed E-state index contributed by atoms with van der Waals surface area (Å²) in [6, 6.07) is 7.94. The molecule has 0 fully saturated rings. The highest BCUT2D eigenvalue weighted by molar-refractivity contribution is 9.10. The highest BCUT2D eigenvalue weighted by Crippen LogP contribution is 2.25. The summed E-state index contributed by atoms with van der Waals surface area (Å²) >= 11 is 3.37. The SMILES string of the molecule is Cc1cc(NS(=O)(=O)c2cc3[nH]c(=O)c(=O)[nH]c3cc2C)ccc1Br. The Hall–Kier alpha value is -2.39. The molecule has 0 saturated heterocycles. The van der Waals surface area contributed by atoms with Gasteiger partial charge in [0.15, 0.2) is 0 Å². The maximum absolute atomic E-state index is 12.7. The second-order valence-electron chi connectivity index (χ2n) is 5.64. The number of aromatic nitrogens is 2. The Morgan fingerprint density at radius 2 is 1.52 bits per heavy atom. The molecule has 2 aromatic carbocycles. The van der Waals surface area contributed by atoms with E-state index in [1.165, 1.54) is 12.1 Å². The molecule has 0 aliphatic heterocycles. The number of rotatable bonds is 3. The lowest BCUT2D eigenvalue weighted by molar-refractivity contribution is 0.600. The van der Waals surface area contributed by atoms with Crippen LogP contribution < -0.4 is 15.8 Å². The Morgan fingerprint density at radius 1 is 0.920 bits per heavy atom. The van der Waals surface area contributed by atoms with Crippen molar-refractivity contribution in [3.05, 3.63) is 66.6 Å². The molecule has 1 heterocycles. The van der Waals surface area contributed by atoms with Crippen LogP contribution >= 0.6 is 15.9 Å². The molecule has 9 heteroatoms. The third kappa shape index (κ3) is 3.38. The fourth-order valence-corrected chi connectivity index (χ4v) is 4.01. The van der Waals surface area contributed by atoms with Crippen molar-refractivity contribution in [2.75, 3.05) is 4.72 Å². The van der Waals surface area contributed by atoms with E-state index in [1.807, 2.05) is 6.92 Å². The van der Waals surface area contributed by atoms with Crippen molar-refractivity contribution < 1.29 is 8.42 Å². The lowest BCUT2D eigenvalue weighted by Crippen LogP contribution is -2.29. The first-order valence-corrected chi connectivity index (χ1v) is 9.51. The first-order valence-electron chi connectivity index (χ1n) is 7.23. The molecule has 0 aliphatic carbocycles. The summed E-state index contributed by atoms with van der Waals surface area (Å²) in [6.07, 6.45) is 0. The van der Waals surface area contributed by atoms with Crippen molar-refractivity contribution in [3.8, 4) is 0 Å². The van der Waals surface area contributed by atoms with E-state index in [0.29, 0.717) is 16.8 Å². The van der Waals surface area contributed by atoms with Crippen LogP contribution in [0.15, 0.2) is 49.3 Å². The van der Waals surface area contributed by atoms with Crippen LogP contribution in [-0.4, -0.2) is 18.4 Å². The maximum Gasteiger partial charge on any atom is 0.314 e. The van der Waals surface area contributed by atoms with Gasteiger partial charge in [-0.15, -0.1) is 0 Å². The Labute approximate surface area is 151 Å². The normalized spacial score (nSPS) is 11.6. The zero-order valence-corrected chi connectivity index (χ0v) is 15.7. The molecule has 1 aromatic heterocycles. The predicted octanol–water partition coefficient (Wildman–Crippen LogP) is 2.40. The van der Waals surface area contributed by atoms with Crippen LogP contribution in [0, 0.1) is 13.8 Å². The quantitative estimate of drug-likeness (QED) is 0.561. The number of sulfonamides is 1. The largest absolute Gasteiger partial charge is 0.316 e. The molecular formula is C16H14BrN3O4S. The molecule has 3 aromatic rings. The van der Waals surface area contributed by atoms with Crippen LogP contribution in [0.1, 0.15) is 11.1 Å². The van der Waals surface area contributed by atoms with Gasteiger partial charge in [-0.3, -0.25) is 14.3 Å². The van der Waals surface area contributed by atoms with Crippen LogP contribution in [0.5, 0.6) is 0 Å². The lowest BCUT2D eigenvalue weighted by Gasteiger charge is -2.12. The zero-order chi connectivity index (χ0) is 18.4. The number of hydrogen-bond acceptors (Lipinski definition) is 4. The molecular weight excluding hydrogens is 410 g/mol. The van der Waals surface area contributed by atoms with Crippen LogP contribution in [0.3, 0.4) is 0 Å². The minimum absolute atomic E-state index is 0.0169. The van der Waals surface area contributed by atoms with Gasteiger partial charge in [-0.1, -0.05) is 15.9 Å². The zero-order valence-electron chi connectivity index (χ0n) is 13.3. The van der Waals surface area contributed by atoms with Crippen LogP contribution in [-0.2, 0) is 10.0 Å². The number of fused-ring (bicyclic) bond motifs is 1. The van der Waals surface area contributed by atoms with E-state index in [-0.39, 0.29) is 10.4 Å². The van der Waals surface area contributed by atoms with Crippen molar-refractivity contribution >= 4 is 42.7 Å². The third-order valence-corrected chi connectivity index (χ3v) is 6.13. The first-order chi connectivity index (χ1) is 11.7. The first kappa shape index (κ1) is 17.4. The summed E-state index contributed by atoms with van der Waals surface area (Å²) < 4.78 is 28.9. The van der Waals surface area contributed by atoms with Crippen molar-refractivity contribution in [1.29, 1.82) is 0 Å². The summed E-state index contributed by atoms with van der Waals surface area (Å²) in [5, 5.41) is 0. The number of hydrogen-bond donors (Lipinski definition) is 3. The van der Waals surface area contributed by atoms with Crippen molar-refractivity contribution in [1.82, 2.24) is 9.97 Å². The van der Waals surface area contributed by atoms with Gasteiger partial charge in [0, 0.05) is 10.2 Å². The molecule has 0 unspecified atom stereocenters. The van der Waals surface area contributed by atoms with E-state index in [1.54, 1.807) is 25.1 Å². The van der Waals surface area contributed by atoms with Gasteiger partial charge in [0.05, 0.1) is 15.9 Å². The average molecular weight is 424 g/mol. The van der Waals surface area contributed by atoms with Crippen LogP contribution in [0.2, 0.25) is 0 Å². The highest BCUT2D eigenvalue weighted by atomic mass is 79.9. The Balaban J connectivity index is 2.11. The van der Waals surface area contributed by atoms with Gasteiger partial charge >= 0.3 is 11.1 Å². The number of nitrogens with one attached hydrogen (secondary N) is 3. The summed E-state index contributed by atoms with van der Waals surface area (Å²) in [6.45, 7) is 3.47. The molecule has 7 nitrogen and oxygen atoms in total. The second-order valence-corrected chi connectivity index (χ2v) is 8.15. The molecule has 0 atom stereocenters. The summed E-state index contributed by atoms with van der Waals surface area (Å²) in [4.78, 5) is 27.7. The Kier molecular flexibility index (Phi) is 4.29. The number of aromatic amines is 2. The van der Waals surface area contributed by atoms with Crippen LogP contribution in [0.4, 0.5) is 5.69 Å². The second kappa shape index (κ2) is 6.16. The molecule has 0 amide bonds. The number of H-pyrrole nitrogens is 2. The smallest absolute Gasteiger partial charge is 0.314 e. The standard InChI is InChI=1S/C16H14BrN3O4S/c1-8-5-10(3-4-11(8)17)20-25(23,24)14-7-13-12(6-9(14)2)18-15(21)16(22)19-13/h3-7,20H,1-2H3,(H,18,21)(H,19,22). The minimum Gasteiger partial charge on any atom is -0.316 e. The van der Waals surface area contributed by atoms with Crippen molar-refractivity contribution in [2.24, 2.45) is 0 Å². The Morgan fingerprint density at radius 3 is 2.12 bits per heavy atom. The molecule has 130 valence electrons. The maximum atomic E-state index is 12.7. The van der Waals surface area contributed by atoms with Gasteiger partial charge in [0.2, 0.25) is 0 Å². The fraction of sp³-hybridized carbons (Fsp3) is 0.125. The molecule has 3 N–H and O–H groups in total. The summed E-state index contributed by atoms with van der Waals surface area (Å²) in [5.74, 6) is 0. The van der Waals surface area contributed by atoms with Gasteiger partial charge in [-0.25, -0.2) is 8.42 Å². The summed E-state index contributed by atoms with van der Waals surface area (Å²) in [5.41, 5.74) is 0.731. The number of aryl methyl sites for hydroxylation is 2. The Bertz CT molecular complexity index is 1210. The van der Waals surface area contributed by atoms with Gasteiger partial charge < -0.3 is 9.97 Å². The monoisotopic (exact) mass is 423 g/mol. The fourth-order valence-electron chi connectivity index (χ4n) is 2.46. The van der Waals surface area contributed by atoms with E-state index in [2.05, 4.69) is 30.6 Å². The summed E-state index contributed by atoms with van der Waals surface area (Å²) in [7, 11) is -3.87. The molecule has 0 aliphatic rings. The van der Waals surface area contributed by atoms with Crippen molar-refractivity contribution in [2.45, 2.75) is 18.7 Å². The lowest BCUT2D eigenvalue weighted by atomic mass is 10.2. The number of benzene rings is 2. The molecule has 0 spiro atoms. The van der Waals surface area contributed by atoms with Gasteiger partial charge in [0.1, 0.15) is 0 Å². The predicted molar refractivity (Wildman–Crippen MR) is 99.6 cm³/mol. The van der Waals surface area contributed by atoms with Gasteiger partial charge in [0.25, 0.3) is 10.0 Å². The molecule has 0 radical (unpaired) electrons. The molecule has 0 saturated carbocycles. The third-order valence-electron chi connectivity index (χ3n) is 3.72. The van der Waals surface area contributed by atoms with Crippen LogP contribution in [0.25, 0.3) is 11.0 Å². The van der Waals surface area contributed by atoms with E-state index < -0.39 is 21.1 Å². The molecule has 0 bridgehead atoms.